The molecule has 3 rings (SSSR count). The van der Waals surface area contributed by atoms with Crippen LogP contribution in [0.25, 0.3) is 0 Å². The highest BCUT2D eigenvalue weighted by molar-refractivity contribution is 9.10. The van der Waals surface area contributed by atoms with Gasteiger partial charge >= 0.3 is 0 Å². The average molecular weight is 377 g/mol. The molecule has 23 heavy (non-hydrogen) atoms. The minimum absolute atomic E-state index is 0.000553. The van der Waals surface area contributed by atoms with E-state index in [0.29, 0.717) is 16.6 Å². The highest BCUT2D eigenvalue weighted by Crippen LogP contribution is 2.28. The summed E-state index contributed by atoms with van der Waals surface area (Å²) in [5, 5.41) is 0. The maximum atomic E-state index is 13.3. The van der Waals surface area contributed by atoms with Gasteiger partial charge in [-0.25, -0.2) is 4.39 Å². The van der Waals surface area contributed by atoms with Crippen LogP contribution in [0.4, 0.5) is 4.39 Å². The van der Waals surface area contributed by atoms with Gasteiger partial charge in [0, 0.05) is 24.1 Å². The zero-order chi connectivity index (χ0) is 16.4. The molecule has 1 aliphatic heterocycles. The van der Waals surface area contributed by atoms with E-state index in [-0.39, 0.29) is 17.8 Å². The van der Waals surface area contributed by atoms with Gasteiger partial charge in [0.05, 0.1) is 11.6 Å². The van der Waals surface area contributed by atoms with Crippen molar-refractivity contribution in [3.05, 3.63) is 69.9 Å². The molecule has 1 amide bonds. The molecule has 0 bridgehead atoms. The van der Waals surface area contributed by atoms with Crippen LogP contribution in [-0.2, 0) is 0 Å². The zero-order valence-electron chi connectivity index (χ0n) is 12.9. The minimum atomic E-state index is -0.355. The van der Waals surface area contributed by atoms with Crippen molar-refractivity contribution in [2.45, 2.75) is 6.04 Å². The molecular formula is C18H18BrFN2O. The van der Waals surface area contributed by atoms with Crippen molar-refractivity contribution < 1.29 is 9.18 Å². The number of carbonyl (C=O) groups is 1. The van der Waals surface area contributed by atoms with Gasteiger partial charge in [0.15, 0.2) is 0 Å². The summed E-state index contributed by atoms with van der Waals surface area (Å²) in [5.74, 6) is -0.426. The molecule has 0 N–H and O–H groups in total. The van der Waals surface area contributed by atoms with Crippen LogP contribution in [0.2, 0.25) is 0 Å². The summed E-state index contributed by atoms with van der Waals surface area (Å²) in [7, 11) is 2.06. The Balaban J connectivity index is 1.93. The first-order chi connectivity index (χ1) is 11.1. The molecule has 0 spiro atoms. The molecule has 1 saturated heterocycles. The Morgan fingerprint density at radius 2 is 1.91 bits per heavy atom. The summed E-state index contributed by atoms with van der Waals surface area (Å²) >= 11 is 3.30. The van der Waals surface area contributed by atoms with Crippen LogP contribution < -0.4 is 0 Å². The van der Waals surface area contributed by atoms with Gasteiger partial charge in [0.1, 0.15) is 5.82 Å². The lowest BCUT2D eigenvalue weighted by atomic mass is 10.0. The SMILES string of the molecule is CN1CCN(C(=O)c2ccc(F)cc2Br)C(c2ccccc2)C1. The monoisotopic (exact) mass is 376 g/mol. The van der Waals surface area contributed by atoms with Crippen LogP contribution in [0.15, 0.2) is 53.0 Å². The molecule has 1 unspecified atom stereocenters. The standard InChI is InChI=1S/C18H18BrFN2O/c1-21-9-10-22(17(12-21)13-5-3-2-4-6-13)18(23)15-8-7-14(20)11-16(15)19/h2-8,11,17H,9-10,12H2,1H3. The highest BCUT2D eigenvalue weighted by Gasteiger charge is 2.31. The van der Waals surface area contributed by atoms with E-state index in [1.807, 2.05) is 35.2 Å². The molecule has 120 valence electrons. The van der Waals surface area contributed by atoms with E-state index >= 15 is 0 Å². The van der Waals surface area contributed by atoms with Crippen LogP contribution in [0.5, 0.6) is 0 Å². The summed E-state index contributed by atoms with van der Waals surface area (Å²) in [5.41, 5.74) is 1.61. The van der Waals surface area contributed by atoms with Gasteiger partial charge in [-0.1, -0.05) is 30.3 Å². The Bertz CT molecular complexity index is 707. The van der Waals surface area contributed by atoms with Crippen molar-refractivity contribution in [1.29, 1.82) is 0 Å². The van der Waals surface area contributed by atoms with Crippen molar-refractivity contribution in [1.82, 2.24) is 9.80 Å². The number of piperazine rings is 1. The minimum Gasteiger partial charge on any atom is -0.329 e. The molecule has 0 saturated carbocycles. The molecule has 5 heteroatoms. The van der Waals surface area contributed by atoms with Crippen molar-refractivity contribution in [2.24, 2.45) is 0 Å². The number of halogens is 2. The van der Waals surface area contributed by atoms with E-state index in [4.69, 9.17) is 0 Å². The second-order valence-electron chi connectivity index (χ2n) is 5.81. The lowest BCUT2D eigenvalue weighted by Crippen LogP contribution is -2.49. The molecule has 1 atom stereocenters. The Hall–Kier alpha value is -1.72. The molecule has 0 radical (unpaired) electrons. The van der Waals surface area contributed by atoms with Gasteiger partial charge in [-0.3, -0.25) is 4.79 Å². The fourth-order valence-electron chi connectivity index (χ4n) is 2.94. The summed E-state index contributed by atoms with van der Waals surface area (Å²) < 4.78 is 13.8. The smallest absolute Gasteiger partial charge is 0.255 e. The van der Waals surface area contributed by atoms with E-state index in [1.165, 1.54) is 12.1 Å². The maximum absolute atomic E-state index is 13.3. The number of amides is 1. The third-order valence-corrected chi connectivity index (χ3v) is 4.85. The summed E-state index contributed by atoms with van der Waals surface area (Å²) in [6.07, 6.45) is 0. The summed E-state index contributed by atoms with van der Waals surface area (Å²) in [6.45, 7) is 2.27. The topological polar surface area (TPSA) is 23.6 Å². The lowest BCUT2D eigenvalue weighted by molar-refractivity contribution is 0.0497. The predicted octanol–water partition coefficient (Wildman–Crippen LogP) is 3.72. The first-order valence-corrected chi connectivity index (χ1v) is 8.35. The number of hydrogen-bond donors (Lipinski definition) is 0. The van der Waals surface area contributed by atoms with Crippen molar-refractivity contribution in [3.63, 3.8) is 0 Å². The number of hydrogen-bond acceptors (Lipinski definition) is 2. The van der Waals surface area contributed by atoms with Crippen LogP contribution in [0.1, 0.15) is 22.0 Å². The Kier molecular flexibility index (Phi) is 4.78. The van der Waals surface area contributed by atoms with Crippen LogP contribution >= 0.6 is 15.9 Å². The normalized spacial score (nSPS) is 18.9. The van der Waals surface area contributed by atoms with Gasteiger partial charge in [-0.05, 0) is 46.7 Å². The number of nitrogens with zero attached hydrogens (tertiary/aromatic N) is 2. The van der Waals surface area contributed by atoms with E-state index in [2.05, 4.69) is 27.9 Å². The zero-order valence-corrected chi connectivity index (χ0v) is 14.5. The van der Waals surface area contributed by atoms with Crippen molar-refractivity contribution in [2.75, 3.05) is 26.7 Å². The van der Waals surface area contributed by atoms with Gasteiger partial charge in [-0.15, -0.1) is 0 Å². The van der Waals surface area contributed by atoms with Gasteiger partial charge < -0.3 is 9.80 Å². The maximum Gasteiger partial charge on any atom is 0.255 e. The van der Waals surface area contributed by atoms with E-state index in [9.17, 15) is 9.18 Å². The van der Waals surface area contributed by atoms with Crippen LogP contribution in [0.3, 0.4) is 0 Å². The van der Waals surface area contributed by atoms with Gasteiger partial charge in [0.25, 0.3) is 5.91 Å². The van der Waals surface area contributed by atoms with E-state index in [1.54, 1.807) is 6.07 Å². The third-order valence-electron chi connectivity index (χ3n) is 4.19. The molecule has 2 aromatic rings. The van der Waals surface area contributed by atoms with E-state index in [0.717, 1.165) is 18.7 Å². The van der Waals surface area contributed by atoms with Gasteiger partial charge in [-0.2, -0.15) is 0 Å². The average Bonchev–Trinajstić information content (AvgIpc) is 2.55. The third kappa shape index (κ3) is 3.46. The van der Waals surface area contributed by atoms with Gasteiger partial charge in [0.2, 0.25) is 0 Å². The fraction of sp³-hybridized carbons (Fsp3) is 0.278. The number of carbonyl (C=O) groups excluding carboxylic acids is 1. The Labute approximate surface area is 143 Å². The summed E-state index contributed by atoms with van der Waals surface area (Å²) in [4.78, 5) is 17.1. The molecular weight excluding hydrogens is 359 g/mol. The molecule has 3 nitrogen and oxygen atoms in total. The summed E-state index contributed by atoms with van der Waals surface area (Å²) in [6, 6.07) is 14.2. The second-order valence-corrected chi connectivity index (χ2v) is 6.67. The predicted molar refractivity (Wildman–Crippen MR) is 91.8 cm³/mol. The van der Waals surface area contributed by atoms with Crippen molar-refractivity contribution in [3.8, 4) is 0 Å². The number of likely N-dealkylation sites (N-methyl/N-ethyl adjacent to an activating group) is 1. The Morgan fingerprint density at radius 1 is 1.17 bits per heavy atom. The van der Waals surface area contributed by atoms with Crippen LogP contribution in [-0.4, -0.2) is 42.4 Å². The molecule has 1 aliphatic rings. The second kappa shape index (κ2) is 6.81. The molecule has 0 aromatic heterocycles. The molecule has 0 aliphatic carbocycles. The van der Waals surface area contributed by atoms with E-state index < -0.39 is 0 Å². The molecule has 1 heterocycles. The lowest BCUT2D eigenvalue weighted by Gasteiger charge is -2.40. The molecule has 2 aromatic carbocycles. The first kappa shape index (κ1) is 16.1. The molecule has 1 fully saturated rings. The highest BCUT2D eigenvalue weighted by atomic mass is 79.9. The fourth-order valence-corrected chi connectivity index (χ4v) is 3.46. The number of rotatable bonds is 2. The Morgan fingerprint density at radius 3 is 2.61 bits per heavy atom. The quantitative estimate of drug-likeness (QED) is 0.797. The largest absolute Gasteiger partial charge is 0.329 e. The van der Waals surface area contributed by atoms with Crippen LogP contribution in [0, 0.1) is 5.82 Å². The number of benzene rings is 2. The first-order valence-electron chi connectivity index (χ1n) is 7.56. The van der Waals surface area contributed by atoms with Crippen molar-refractivity contribution >= 4 is 21.8 Å².